The maximum Gasteiger partial charge on any atom is 0.0935 e. The summed E-state index contributed by atoms with van der Waals surface area (Å²) in [6.07, 6.45) is 26.1. The Balaban J connectivity index is 1.28. The first-order valence-corrected chi connectivity index (χ1v) is 10.4. The number of hydrogen-bond donors (Lipinski definition) is 0. The Labute approximate surface area is 161 Å². The van der Waals surface area contributed by atoms with Crippen molar-refractivity contribution in [1.29, 1.82) is 0 Å². The lowest BCUT2D eigenvalue weighted by molar-refractivity contribution is 0.306. The molecule has 0 fully saturated rings. The summed E-state index contributed by atoms with van der Waals surface area (Å²) in [6.45, 7) is 11.9. The van der Waals surface area contributed by atoms with E-state index in [1.165, 1.54) is 77.3 Å². The molecule has 4 nitrogen and oxygen atoms in total. The molecule has 2 aliphatic heterocycles. The Bertz CT molecular complexity index is 415. The van der Waals surface area contributed by atoms with Gasteiger partial charge < -0.3 is 19.6 Å². The SMILES string of the molecule is C=CN1C=CN(CCCCCCCCCCCCN2C=CN(C=C)C2)C1. The highest BCUT2D eigenvalue weighted by Gasteiger charge is 2.09. The van der Waals surface area contributed by atoms with Crippen LogP contribution in [-0.4, -0.2) is 46.0 Å². The Kier molecular flexibility index (Phi) is 9.84. The molecule has 146 valence electrons. The fraction of sp³-hybridized carbons (Fsp3) is 0.636. The van der Waals surface area contributed by atoms with Crippen molar-refractivity contribution in [2.24, 2.45) is 0 Å². The maximum atomic E-state index is 3.80. The predicted octanol–water partition coefficient (Wildman–Crippen LogP) is 5.27. The number of nitrogens with zero attached hydrogens (tertiary/aromatic N) is 4. The van der Waals surface area contributed by atoms with Gasteiger partial charge in [-0.3, -0.25) is 0 Å². The van der Waals surface area contributed by atoms with E-state index in [9.17, 15) is 0 Å². The van der Waals surface area contributed by atoms with Gasteiger partial charge in [0.05, 0.1) is 13.3 Å². The zero-order valence-corrected chi connectivity index (χ0v) is 16.6. The maximum absolute atomic E-state index is 3.80. The van der Waals surface area contributed by atoms with Crippen molar-refractivity contribution in [3.8, 4) is 0 Å². The molecule has 0 aromatic rings. The van der Waals surface area contributed by atoms with Crippen LogP contribution in [0.5, 0.6) is 0 Å². The van der Waals surface area contributed by atoms with Gasteiger partial charge in [0.15, 0.2) is 0 Å². The van der Waals surface area contributed by atoms with E-state index in [0.717, 1.165) is 13.3 Å². The lowest BCUT2D eigenvalue weighted by atomic mass is 10.1. The molecule has 2 heterocycles. The average molecular weight is 359 g/mol. The van der Waals surface area contributed by atoms with Gasteiger partial charge >= 0.3 is 0 Å². The van der Waals surface area contributed by atoms with E-state index in [1.54, 1.807) is 0 Å². The second-order valence-corrected chi connectivity index (χ2v) is 7.43. The number of hydrogen-bond acceptors (Lipinski definition) is 4. The van der Waals surface area contributed by atoms with Gasteiger partial charge in [0.1, 0.15) is 0 Å². The van der Waals surface area contributed by atoms with Gasteiger partial charge in [-0.2, -0.15) is 0 Å². The van der Waals surface area contributed by atoms with Crippen LogP contribution in [0, 0.1) is 0 Å². The molecule has 2 rings (SSSR count). The van der Waals surface area contributed by atoms with Crippen LogP contribution >= 0.6 is 0 Å². The summed E-state index contributed by atoms with van der Waals surface area (Å²) < 4.78 is 0. The van der Waals surface area contributed by atoms with Gasteiger partial charge in [0.2, 0.25) is 0 Å². The molecule has 0 atom stereocenters. The van der Waals surface area contributed by atoms with E-state index in [2.05, 4.69) is 57.6 Å². The van der Waals surface area contributed by atoms with E-state index in [-0.39, 0.29) is 0 Å². The topological polar surface area (TPSA) is 13.0 Å². The smallest absolute Gasteiger partial charge is 0.0935 e. The van der Waals surface area contributed by atoms with E-state index >= 15 is 0 Å². The molecule has 0 N–H and O–H groups in total. The van der Waals surface area contributed by atoms with Crippen molar-refractivity contribution in [2.45, 2.75) is 64.2 Å². The molecule has 0 aliphatic carbocycles. The lowest BCUT2D eigenvalue weighted by Crippen LogP contribution is -2.22. The first kappa shape index (κ1) is 20.5. The Hall–Kier alpha value is -1.84. The van der Waals surface area contributed by atoms with Crippen molar-refractivity contribution in [2.75, 3.05) is 26.4 Å². The zero-order chi connectivity index (χ0) is 18.5. The molecule has 0 bridgehead atoms. The molecule has 0 radical (unpaired) electrons. The quantitative estimate of drug-likeness (QED) is 0.370. The van der Waals surface area contributed by atoms with Gasteiger partial charge in [-0.1, -0.05) is 64.5 Å². The summed E-state index contributed by atoms with van der Waals surface area (Å²) in [5.74, 6) is 0. The van der Waals surface area contributed by atoms with E-state index in [4.69, 9.17) is 0 Å². The first-order chi connectivity index (χ1) is 12.8. The van der Waals surface area contributed by atoms with Crippen molar-refractivity contribution in [3.05, 3.63) is 50.4 Å². The van der Waals surface area contributed by atoms with Gasteiger partial charge in [-0.15, -0.1) is 0 Å². The predicted molar refractivity (Wildman–Crippen MR) is 112 cm³/mol. The summed E-state index contributed by atoms with van der Waals surface area (Å²) in [6, 6.07) is 0. The third-order valence-electron chi connectivity index (χ3n) is 5.24. The van der Waals surface area contributed by atoms with Crippen LogP contribution in [0.1, 0.15) is 64.2 Å². The van der Waals surface area contributed by atoms with Crippen LogP contribution in [-0.2, 0) is 0 Å². The van der Waals surface area contributed by atoms with Crippen molar-refractivity contribution in [1.82, 2.24) is 19.6 Å². The van der Waals surface area contributed by atoms with E-state index in [0.29, 0.717) is 0 Å². The highest BCUT2D eigenvalue weighted by Crippen LogP contribution is 2.13. The fourth-order valence-corrected chi connectivity index (χ4v) is 3.54. The lowest BCUT2D eigenvalue weighted by Gasteiger charge is -2.18. The van der Waals surface area contributed by atoms with Crippen molar-refractivity contribution < 1.29 is 0 Å². The van der Waals surface area contributed by atoms with E-state index in [1.807, 2.05) is 12.4 Å². The molecule has 0 amide bonds. The Morgan fingerprint density at radius 3 is 1.19 bits per heavy atom. The van der Waals surface area contributed by atoms with Gasteiger partial charge in [-0.25, -0.2) is 0 Å². The summed E-state index contributed by atoms with van der Waals surface area (Å²) in [5.41, 5.74) is 0. The Morgan fingerprint density at radius 1 is 0.538 bits per heavy atom. The minimum Gasteiger partial charge on any atom is -0.358 e. The van der Waals surface area contributed by atoms with Gasteiger partial charge in [0.25, 0.3) is 0 Å². The highest BCUT2D eigenvalue weighted by atomic mass is 15.3. The number of rotatable bonds is 15. The Morgan fingerprint density at radius 2 is 0.885 bits per heavy atom. The molecule has 4 heteroatoms. The molecular formula is C22H38N4. The van der Waals surface area contributed by atoms with Gasteiger partial charge in [-0.05, 0) is 25.2 Å². The van der Waals surface area contributed by atoms with Crippen LogP contribution in [0.2, 0.25) is 0 Å². The van der Waals surface area contributed by atoms with Crippen LogP contribution in [0.4, 0.5) is 0 Å². The minimum absolute atomic E-state index is 0.976. The van der Waals surface area contributed by atoms with Gasteiger partial charge in [0, 0.05) is 37.9 Å². The summed E-state index contributed by atoms with van der Waals surface area (Å²) in [5, 5.41) is 0. The monoisotopic (exact) mass is 358 g/mol. The molecule has 26 heavy (non-hydrogen) atoms. The highest BCUT2D eigenvalue weighted by molar-refractivity contribution is 4.95. The molecule has 0 unspecified atom stereocenters. The normalized spacial score (nSPS) is 16.2. The van der Waals surface area contributed by atoms with Crippen molar-refractivity contribution >= 4 is 0 Å². The summed E-state index contributed by atoms with van der Waals surface area (Å²) in [7, 11) is 0. The fourth-order valence-electron chi connectivity index (χ4n) is 3.54. The molecule has 0 spiro atoms. The second-order valence-electron chi connectivity index (χ2n) is 7.43. The summed E-state index contributed by atoms with van der Waals surface area (Å²) in [4.78, 5) is 8.98. The summed E-state index contributed by atoms with van der Waals surface area (Å²) >= 11 is 0. The standard InChI is InChI=1S/C22H38N4/c1-3-23-17-19-25(21-23)15-13-11-9-7-5-6-8-10-12-14-16-26-20-18-24(4-2)22-26/h3-4,17-20H,1-2,5-16,21-22H2. The molecule has 0 aromatic carbocycles. The van der Waals surface area contributed by atoms with Crippen molar-refractivity contribution in [3.63, 3.8) is 0 Å². The average Bonchev–Trinajstić information content (AvgIpc) is 3.31. The third-order valence-corrected chi connectivity index (χ3v) is 5.24. The molecule has 0 aromatic heterocycles. The van der Waals surface area contributed by atoms with Crippen LogP contribution in [0.15, 0.2) is 50.4 Å². The second kappa shape index (κ2) is 12.5. The zero-order valence-electron chi connectivity index (χ0n) is 16.6. The van der Waals surface area contributed by atoms with E-state index < -0.39 is 0 Å². The third kappa shape index (κ3) is 8.03. The minimum atomic E-state index is 0.976. The number of unbranched alkanes of at least 4 members (excludes halogenated alkanes) is 9. The molecular weight excluding hydrogens is 320 g/mol. The van der Waals surface area contributed by atoms with Crippen LogP contribution < -0.4 is 0 Å². The largest absolute Gasteiger partial charge is 0.358 e. The molecule has 0 saturated heterocycles. The first-order valence-electron chi connectivity index (χ1n) is 10.4. The van der Waals surface area contributed by atoms with Crippen LogP contribution in [0.25, 0.3) is 0 Å². The molecule has 0 saturated carbocycles. The molecule has 2 aliphatic rings. The van der Waals surface area contributed by atoms with Crippen LogP contribution in [0.3, 0.4) is 0 Å².